The van der Waals surface area contributed by atoms with Gasteiger partial charge in [0.1, 0.15) is 5.56 Å². The largest absolute Gasteiger partial charge is 0.477 e. The van der Waals surface area contributed by atoms with Crippen molar-refractivity contribution < 1.29 is 48.1 Å². The molecule has 0 spiro atoms. The first-order chi connectivity index (χ1) is 17.8. The fraction of sp³-hybridized carbons (Fsp3) is 0.500. The Kier molecular flexibility index (Phi) is 8.41. The molecule has 1 saturated heterocycles. The fourth-order valence-corrected chi connectivity index (χ4v) is 5.90. The van der Waals surface area contributed by atoms with Gasteiger partial charge >= 0.3 is 32.3 Å². The number of aromatic carboxylic acids is 1. The highest BCUT2D eigenvalue weighted by Gasteiger charge is 2.60. The van der Waals surface area contributed by atoms with Crippen LogP contribution in [0.3, 0.4) is 0 Å². The maximum absolute atomic E-state index is 13.2. The van der Waals surface area contributed by atoms with Crippen LogP contribution in [0.4, 0.5) is 10.5 Å². The lowest BCUT2D eigenvalue weighted by atomic mass is 9.96. The van der Waals surface area contributed by atoms with Crippen LogP contribution in [0.2, 0.25) is 0 Å². The lowest BCUT2D eigenvalue weighted by Crippen LogP contribution is -2.45. The first-order valence-electron chi connectivity index (χ1n) is 11.8. The Bertz CT molecular complexity index is 1430. The third-order valence-corrected chi connectivity index (χ3v) is 10.7. The van der Waals surface area contributed by atoms with Crippen LogP contribution in [0, 0.1) is 0 Å². The molecule has 2 aromatic rings. The second-order valence-electron chi connectivity index (χ2n) is 9.81. The number of carbonyl (C=O) groups is 2. The molecule has 1 aliphatic rings. The number of amides is 1. The first kappa shape index (κ1) is 30.8. The molecule has 2 heterocycles. The number of ether oxygens (including phenoxy) is 1. The number of pyridine rings is 1. The molecule has 0 bridgehead atoms. The predicted molar refractivity (Wildman–Crippen MR) is 142 cm³/mol. The molecule has 17 heteroatoms. The molecule has 1 aliphatic heterocycles. The van der Waals surface area contributed by atoms with E-state index in [4.69, 9.17) is 0 Å². The minimum atomic E-state index is -5.72. The van der Waals surface area contributed by atoms with Crippen LogP contribution in [0.25, 0.3) is 10.9 Å². The Morgan fingerprint density at radius 2 is 1.59 bits per heavy atom. The van der Waals surface area contributed by atoms with Gasteiger partial charge in [-0.1, -0.05) is 13.8 Å². The normalized spacial score (nSPS) is 15.6. The molecule has 1 aromatic carbocycles. The second-order valence-corrected chi connectivity index (χ2v) is 14.0. The number of carbonyl (C=O) groups excluding carboxylic acids is 1. The number of benzene rings is 1. The highest BCUT2D eigenvalue weighted by Crippen LogP contribution is 2.69. The van der Waals surface area contributed by atoms with Gasteiger partial charge in [-0.25, -0.2) is 14.6 Å². The van der Waals surface area contributed by atoms with Crippen molar-refractivity contribution in [3.63, 3.8) is 0 Å². The number of rotatable bonds is 7. The molecule has 1 amide bonds. The topological polar surface area (TPSA) is 210 Å². The number of carboxylic acid groups (broad SMARTS) is 1. The molecule has 216 valence electrons. The van der Waals surface area contributed by atoms with E-state index < -0.39 is 43.3 Å². The lowest BCUT2D eigenvalue weighted by molar-refractivity contribution is 0.0694. The quantitative estimate of drug-likeness (QED) is 0.288. The average molecular weight is 590 g/mol. The zero-order valence-electron chi connectivity index (χ0n) is 22.0. The van der Waals surface area contributed by atoms with E-state index in [1.165, 1.54) is 0 Å². The van der Waals surface area contributed by atoms with Crippen molar-refractivity contribution in [2.45, 2.75) is 31.8 Å². The van der Waals surface area contributed by atoms with Crippen LogP contribution >= 0.6 is 15.2 Å². The number of likely N-dealkylation sites (N-methyl/N-ethyl adjacent to an activating group) is 1. The number of fused-ring (bicyclic) bond motifs is 1. The van der Waals surface area contributed by atoms with E-state index in [0.29, 0.717) is 25.0 Å². The maximum Gasteiger partial charge on any atom is 0.430 e. The summed E-state index contributed by atoms with van der Waals surface area (Å²) in [6, 6.07) is 3.16. The van der Waals surface area contributed by atoms with E-state index in [-0.39, 0.29) is 16.8 Å². The highest BCUT2D eigenvalue weighted by atomic mass is 31.2. The molecule has 1 fully saturated rings. The second kappa shape index (κ2) is 10.7. The number of hydrogen-bond acceptors (Lipinski definition) is 8. The van der Waals surface area contributed by atoms with E-state index in [2.05, 4.69) is 14.5 Å². The molecule has 0 aliphatic carbocycles. The van der Waals surface area contributed by atoms with Gasteiger partial charge in [0, 0.05) is 50.5 Å². The summed E-state index contributed by atoms with van der Waals surface area (Å²) in [6.07, 6.45) is -0.789. The summed E-state index contributed by atoms with van der Waals surface area (Å²) in [4.78, 5) is 80.6. The maximum atomic E-state index is 13.2. The van der Waals surface area contributed by atoms with Crippen LogP contribution in [0.15, 0.2) is 23.1 Å². The van der Waals surface area contributed by atoms with Crippen molar-refractivity contribution in [2.24, 2.45) is 0 Å². The summed E-state index contributed by atoms with van der Waals surface area (Å²) in [7, 11) is -8.43. The van der Waals surface area contributed by atoms with Crippen LogP contribution in [-0.4, -0.2) is 91.7 Å². The van der Waals surface area contributed by atoms with Gasteiger partial charge in [0.15, 0.2) is 0 Å². The molecule has 5 N–H and O–H groups in total. The highest BCUT2D eigenvalue weighted by molar-refractivity contribution is 7.72. The summed E-state index contributed by atoms with van der Waals surface area (Å²) in [5, 5.41) is 6.66. The van der Waals surface area contributed by atoms with Gasteiger partial charge in [0.2, 0.25) is 5.43 Å². The average Bonchev–Trinajstić information content (AvgIpc) is 2.82. The minimum absolute atomic E-state index is 0.0520. The molecule has 39 heavy (non-hydrogen) atoms. The van der Waals surface area contributed by atoms with Crippen molar-refractivity contribution in [1.29, 1.82) is 0 Å². The lowest BCUT2D eigenvalue weighted by Gasteiger charge is -2.36. The number of nitrogens with zero attached hydrogens (tertiary/aromatic N) is 4. The van der Waals surface area contributed by atoms with Gasteiger partial charge in [0.25, 0.3) is 0 Å². The minimum Gasteiger partial charge on any atom is -0.477 e. The Morgan fingerprint density at radius 3 is 2.05 bits per heavy atom. The summed E-state index contributed by atoms with van der Waals surface area (Å²) in [5.74, 6) is -1.66. The number of aromatic nitrogens is 1. The molecule has 0 radical (unpaired) electrons. The van der Waals surface area contributed by atoms with Crippen molar-refractivity contribution in [3.05, 3.63) is 39.7 Å². The summed E-state index contributed by atoms with van der Waals surface area (Å²) in [6.45, 7) is 7.04. The Labute approximate surface area is 223 Å². The zero-order valence-corrected chi connectivity index (χ0v) is 23.8. The van der Waals surface area contributed by atoms with Crippen molar-refractivity contribution in [2.75, 3.05) is 50.2 Å². The van der Waals surface area contributed by atoms with E-state index in [9.17, 15) is 48.2 Å². The van der Waals surface area contributed by atoms with Crippen molar-refractivity contribution in [1.82, 2.24) is 9.58 Å². The van der Waals surface area contributed by atoms with Crippen LogP contribution in [0.1, 0.15) is 42.6 Å². The van der Waals surface area contributed by atoms with Gasteiger partial charge in [-0.05, 0) is 37.6 Å². The standard InChI is InChI=1S/C22H32N4O11P2/c1-13(2)14-10-15-18(11-17(14)25-8-6-23(4)7-9-25)26(12-16(19(15)27)20(28)29)24(5)21(30)37-22(3,38(31,32)33)39(34,35)36/h10-13H,6-9H2,1-5H3,(H,28,29)(H2,31,32,33)(H2,34,35,36). The van der Waals surface area contributed by atoms with Crippen LogP contribution in [0.5, 0.6) is 0 Å². The number of anilines is 1. The van der Waals surface area contributed by atoms with Gasteiger partial charge in [-0.3, -0.25) is 18.6 Å². The van der Waals surface area contributed by atoms with Gasteiger partial charge in [-0.2, -0.15) is 0 Å². The van der Waals surface area contributed by atoms with Crippen molar-refractivity contribution in [3.8, 4) is 0 Å². The van der Waals surface area contributed by atoms with E-state index in [1.807, 2.05) is 20.9 Å². The molecule has 0 saturated carbocycles. The molecule has 0 atom stereocenters. The van der Waals surface area contributed by atoms with Gasteiger partial charge in [-0.15, -0.1) is 0 Å². The molecule has 0 unspecified atom stereocenters. The van der Waals surface area contributed by atoms with Crippen LogP contribution in [-0.2, 0) is 13.9 Å². The smallest absolute Gasteiger partial charge is 0.430 e. The number of piperazine rings is 1. The molecule has 3 rings (SSSR count). The zero-order chi connectivity index (χ0) is 29.7. The fourth-order valence-electron chi connectivity index (χ4n) is 4.15. The Morgan fingerprint density at radius 1 is 1.05 bits per heavy atom. The van der Waals surface area contributed by atoms with Crippen LogP contribution < -0.4 is 15.3 Å². The Hall–Kier alpha value is -2.77. The summed E-state index contributed by atoms with van der Waals surface area (Å²) < 4.78 is 29.4. The van der Waals surface area contributed by atoms with Crippen molar-refractivity contribution >= 4 is 43.8 Å². The van der Waals surface area contributed by atoms with E-state index in [0.717, 1.165) is 42.3 Å². The SMILES string of the molecule is CC(C)c1cc2c(=O)c(C(=O)O)cn(N(C)C(=O)OC(C)(P(=O)(O)O)P(=O)(O)O)c2cc1N1CCN(C)CC1. The van der Waals surface area contributed by atoms with E-state index >= 15 is 0 Å². The van der Waals surface area contributed by atoms with E-state index in [1.54, 1.807) is 12.1 Å². The number of hydrogen-bond donors (Lipinski definition) is 5. The summed E-state index contributed by atoms with van der Waals surface area (Å²) in [5.41, 5.74) is 0.0318. The van der Waals surface area contributed by atoms with Gasteiger partial charge in [0.05, 0.1) is 5.52 Å². The molecule has 15 nitrogen and oxygen atoms in total. The molecule has 1 aromatic heterocycles. The molecular weight excluding hydrogens is 558 g/mol. The first-order valence-corrected chi connectivity index (χ1v) is 15.0. The number of carboxylic acids is 1. The summed E-state index contributed by atoms with van der Waals surface area (Å²) >= 11 is 0. The molecular formula is C22H32N4O11P2. The van der Waals surface area contributed by atoms with Gasteiger partial charge < -0.3 is 39.2 Å². The predicted octanol–water partition coefficient (Wildman–Crippen LogP) is 1.31. The monoisotopic (exact) mass is 590 g/mol. The Balaban J connectivity index is 2.26. The third kappa shape index (κ3) is 5.75. The third-order valence-electron chi connectivity index (χ3n) is 6.78.